The van der Waals surface area contributed by atoms with Gasteiger partial charge in [0.2, 0.25) is 0 Å². The number of carbonyl (C=O) groups excluding carboxylic acids is 1. The second-order valence-corrected chi connectivity index (χ2v) is 6.66. The lowest BCUT2D eigenvalue weighted by Crippen LogP contribution is -2.60. The van der Waals surface area contributed by atoms with Crippen LogP contribution in [0.15, 0.2) is 0 Å². The number of carbonyl (C=O) groups is 1. The first-order valence-electron chi connectivity index (χ1n) is 7.55. The van der Waals surface area contributed by atoms with E-state index in [4.69, 9.17) is 4.74 Å². The number of alkyl carbamates (subject to hydrolysis) is 1. The predicted molar refractivity (Wildman–Crippen MR) is 78.3 cm³/mol. The van der Waals surface area contributed by atoms with E-state index in [1.165, 1.54) is 6.42 Å². The lowest BCUT2D eigenvalue weighted by atomic mass is 9.76. The zero-order valence-corrected chi connectivity index (χ0v) is 13.1. The Labute approximate surface area is 117 Å². The molecule has 0 heterocycles. The SMILES string of the molecule is CCC(CC)NCC1(NC(=O)OC(C)(C)C)CCC1. The number of nitrogens with one attached hydrogen (secondary N) is 2. The highest BCUT2D eigenvalue weighted by Crippen LogP contribution is 2.31. The van der Waals surface area contributed by atoms with Crippen molar-refractivity contribution in [3.8, 4) is 0 Å². The van der Waals surface area contributed by atoms with Crippen LogP contribution < -0.4 is 10.6 Å². The third-order valence-corrected chi connectivity index (χ3v) is 3.79. The molecule has 0 unspecified atom stereocenters. The van der Waals surface area contributed by atoms with Crippen molar-refractivity contribution in [3.63, 3.8) is 0 Å². The fourth-order valence-corrected chi connectivity index (χ4v) is 2.39. The van der Waals surface area contributed by atoms with Gasteiger partial charge in [0, 0.05) is 12.6 Å². The standard InChI is InChI=1S/C15H30N2O2/c1-6-12(7-2)16-11-15(9-8-10-15)17-13(18)19-14(3,4)5/h12,16H,6-11H2,1-5H3,(H,17,18). The van der Waals surface area contributed by atoms with Crippen molar-refractivity contribution in [1.82, 2.24) is 10.6 Å². The highest BCUT2D eigenvalue weighted by atomic mass is 16.6. The van der Waals surface area contributed by atoms with Gasteiger partial charge in [0.25, 0.3) is 0 Å². The average molecular weight is 270 g/mol. The molecule has 0 aromatic heterocycles. The molecule has 1 rings (SSSR count). The topological polar surface area (TPSA) is 50.4 Å². The first-order chi connectivity index (χ1) is 8.80. The molecule has 1 fully saturated rings. The van der Waals surface area contributed by atoms with Crippen LogP contribution in [0.25, 0.3) is 0 Å². The minimum absolute atomic E-state index is 0.0923. The molecule has 0 radical (unpaired) electrons. The maximum Gasteiger partial charge on any atom is 0.408 e. The van der Waals surface area contributed by atoms with Crippen LogP contribution in [-0.4, -0.2) is 29.8 Å². The Morgan fingerprint density at radius 1 is 1.26 bits per heavy atom. The second-order valence-electron chi connectivity index (χ2n) is 6.66. The lowest BCUT2D eigenvalue weighted by Gasteiger charge is -2.43. The summed E-state index contributed by atoms with van der Waals surface area (Å²) >= 11 is 0. The molecule has 0 aliphatic heterocycles. The Hall–Kier alpha value is -0.770. The van der Waals surface area contributed by atoms with Gasteiger partial charge in [0.15, 0.2) is 0 Å². The normalized spacial score (nSPS) is 18.0. The summed E-state index contributed by atoms with van der Waals surface area (Å²) < 4.78 is 5.35. The van der Waals surface area contributed by atoms with E-state index >= 15 is 0 Å². The van der Waals surface area contributed by atoms with Gasteiger partial charge in [-0.2, -0.15) is 0 Å². The Bertz CT molecular complexity index is 289. The summed E-state index contributed by atoms with van der Waals surface area (Å²) in [6.45, 7) is 10.9. The summed E-state index contributed by atoms with van der Waals surface area (Å²) in [4.78, 5) is 11.9. The molecule has 1 aliphatic rings. The molecule has 1 aliphatic carbocycles. The summed E-state index contributed by atoms with van der Waals surface area (Å²) in [7, 11) is 0. The third-order valence-electron chi connectivity index (χ3n) is 3.79. The molecular weight excluding hydrogens is 240 g/mol. The number of rotatable bonds is 6. The van der Waals surface area contributed by atoms with Crippen molar-refractivity contribution >= 4 is 6.09 Å². The quantitative estimate of drug-likeness (QED) is 0.779. The van der Waals surface area contributed by atoms with Crippen molar-refractivity contribution in [3.05, 3.63) is 0 Å². The molecule has 112 valence electrons. The summed E-state index contributed by atoms with van der Waals surface area (Å²) in [5.41, 5.74) is -0.525. The van der Waals surface area contributed by atoms with Gasteiger partial charge in [-0.25, -0.2) is 4.79 Å². The van der Waals surface area contributed by atoms with Crippen LogP contribution in [0.5, 0.6) is 0 Å². The Morgan fingerprint density at radius 3 is 2.21 bits per heavy atom. The van der Waals surface area contributed by atoms with E-state index in [2.05, 4.69) is 24.5 Å². The van der Waals surface area contributed by atoms with Crippen molar-refractivity contribution < 1.29 is 9.53 Å². The van der Waals surface area contributed by atoms with Crippen LogP contribution in [0.1, 0.15) is 66.7 Å². The fourth-order valence-electron chi connectivity index (χ4n) is 2.39. The zero-order valence-electron chi connectivity index (χ0n) is 13.1. The number of hydrogen-bond donors (Lipinski definition) is 2. The van der Waals surface area contributed by atoms with Crippen LogP contribution in [-0.2, 0) is 4.74 Å². The van der Waals surface area contributed by atoms with Crippen LogP contribution in [0.4, 0.5) is 4.79 Å². The minimum atomic E-state index is -0.433. The Morgan fingerprint density at radius 2 is 1.84 bits per heavy atom. The van der Waals surface area contributed by atoms with E-state index in [0.29, 0.717) is 6.04 Å². The molecule has 0 spiro atoms. The van der Waals surface area contributed by atoms with Gasteiger partial charge >= 0.3 is 6.09 Å². The van der Waals surface area contributed by atoms with Gasteiger partial charge in [-0.05, 0) is 52.9 Å². The first-order valence-corrected chi connectivity index (χ1v) is 7.55. The van der Waals surface area contributed by atoms with E-state index in [1.807, 2.05) is 20.8 Å². The third kappa shape index (κ3) is 5.39. The van der Waals surface area contributed by atoms with Crippen molar-refractivity contribution in [2.24, 2.45) is 0 Å². The van der Waals surface area contributed by atoms with Gasteiger partial charge < -0.3 is 15.4 Å². The molecule has 0 saturated heterocycles. The highest BCUT2D eigenvalue weighted by Gasteiger charge is 2.39. The van der Waals surface area contributed by atoms with Crippen molar-refractivity contribution in [2.45, 2.75) is 83.9 Å². The predicted octanol–water partition coefficient (Wildman–Crippen LogP) is 3.21. The van der Waals surface area contributed by atoms with Crippen LogP contribution >= 0.6 is 0 Å². The largest absolute Gasteiger partial charge is 0.444 e. The molecular formula is C15H30N2O2. The maximum absolute atomic E-state index is 11.9. The average Bonchev–Trinajstić information content (AvgIpc) is 2.24. The fraction of sp³-hybridized carbons (Fsp3) is 0.933. The van der Waals surface area contributed by atoms with E-state index < -0.39 is 5.60 Å². The van der Waals surface area contributed by atoms with Gasteiger partial charge in [-0.15, -0.1) is 0 Å². The molecule has 0 aromatic carbocycles. The van der Waals surface area contributed by atoms with E-state index in [1.54, 1.807) is 0 Å². The second kappa shape index (κ2) is 6.60. The minimum Gasteiger partial charge on any atom is -0.444 e. The summed E-state index contributed by atoms with van der Waals surface area (Å²) in [5.74, 6) is 0. The molecule has 0 aromatic rings. The lowest BCUT2D eigenvalue weighted by molar-refractivity contribution is 0.0378. The van der Waals surface area contributed by atoms with Crippen LogP contribution in [0, 0.1) is 0 Å². The zero-order chi connectivity index (χ0) is 14.5. The van der Waals surface area contributed by atoms with E-state index in [-0.39, 0.29) is 11.6 Å². The number of amides is 1. The monoisotopic (exact) mass is 270 g/mol. The summed E-state index contributed by atoms with van der Waals surface area (Å²) in [6.07, 6.45) is 5.22. The first kappa shape index (κ1) is 16.3. The van der Waals surface area contributed by atoms with Crippen molar-refractivity contribution in [2.75, 3.05) is 6.54 Å². The molecule has 4 heteroatoms. The summed E-state index contributed by atoms with van der Waals surface area (Å²) in [6, 6.07) is 0.540. The Balaban J connectivity index is 2.45. The van der Waals surface area contributed by atoms with Crippen molar-refractivity contribution in [1.29, 1.82) is 0 Å². The van der Waals surface area contributed by atoms with Crippen LogP contribution in [0.3, 0.4) is 0 Å². The summed E-state index contributed by atoms with van der Waals surface area (Å²) in [5, 5.41) is 6.63. The molecule has 0 atom stereocenters. The molecule has 1 amide bonds. The van der Waals surface area contributed by atoms with E-state index in [0.717, 1.165) is 32.2 Å². The number of hydrogen-bond acceptors (Lipinski definition) is 3. The molecule has 19 heavy (non-hydrogen) atoms. The molecule has 1 saturated carbocycles. The number of ether oxygens (including phenoxy) is 1. The molecule has 2 N–H and O–H groups in total. The highest BCUT2D eigenvalue weighted by molar-refractivity contribution is 5.69. The Kier molecular flexibility index (Phi) is 5.65. The van der Waals surface area contributed by atoms with Gasteiger partial charge in [-0.3, -0.25) is 0 Å². The van der Waals surface area contributed by atoms with Gasteiger partial charge in [-0.1, -0.05) is 13.8 Å². The van der Waals surface area contributed by atoms with Crippen LogP contribution in [0.2, 0.25) is 0 Å². The molecule has 4 nitrogen and oxygen atoms in total. The van der Waals surface area contributed by atoms with Gasteiger partial charge in [0.1, 0.15) is 5.60 Å². The van der Waals surface area contributed by atoms with Gasteiger partial charge in [0.05, 0.1) is 5.54 Å². The smallest absolute Gasteiger partial charge is 0.408 e. The molecule has 0 bridgehead atoms. The van der Waals surface area contributed by atoms with E-state index in [9.17, 15) is 4.79 Å². The maximum atomic E-state index is 11.9.